The van der Waals surface area contributed by atoms with Crippen LogP contribution in [0.5, 0.6) is 0 Å². The lowest BCUT2D eigenvalue weighted by Crippen LogP contribution is -2.52. The third-order valence-corrected chi connectivity index (χ3v) is 6.56. The Morgan fingerprint density at radius 1 is 1.52 bits per heavy atom. The highest BCUT2D eigenvalue weighted by Crippen LogP contribution is 2.57. The fourth-order valence-electron chi connectivity index (χ4n) is 5.00. The summed E-state index contributed by atoms with van der Waals surface area (Å²) in [5, 5.41) is 9.56. The van der Waals surface area contributed by atoms with Crippen molar-refractivity contribution in [2.75, 3.05) is 20.3 Å². The normalized spacial score (nSPS) is 37.7. The van der Waals surface area contributed by atoms with Crippen molar-refractivity contribution in [1.29, 1.82) is 0 Å². The SMILES string of the molecule is COC(=O)N1CC2=CCCC(=O)[C@H]3C[C@@H]([C@H](C)CO)C[C@@H]1[C@@]23C. The smallest absolute Gasteiger partial charge is 0.410 e. The largest absolute Gasteiger partial charge is 0.453 e. The number of carbonyl (C=O) groups excluding carboxylic acids is 2. The number of hydrogen-bond acceptors (Lipinski definition) is 4. The quantitative estimate of drug-likeness (QED) is 0.793. The molecule has 5 atom stereocenters. The lowest BCUT2D eigenvalue weighted by Gasteiger charge is -2.48. The minimum absolute atomic E-state index is 0.0130. The van der Waals surface area contributed by atoms with Crippen LogP contribution in [0.25, 0.3) is 0 Å². The molecule has 128 valence electrons. The van der Waals surface area contributed by atoms with E-state index in [9.17, 15) is 14.7 Å². The number of carbonyl (C=O) groups is 2. The van der Waals surface area contributed by atoms with E-state index in [4.69, 9.17) is 4.74 Å². The van der Waals surface area contributed by atoms with Gasteiger partial charge in [0.25, 0.3) is 0 Å². The summed E-state index contributed by atoms with van der Waals surface area (Å²) in [6.45, 7) is 4.87. The molecule has 1 aliphatic heterocycles. The zero-order valence-electron chi connectivity index (χ0n) is 14.2. The summed E-state index contributed by atoms with van der Waals surface area (Å²) >= 11 is 0. The predicted molar refractivity (Wildman–Crippen MR) is 85.8 cm³/mol. The van der Waals surface area contributed by atoms with Gasteiger partial charge in [-0.1, -0.05) is 19.9 Å². The fraction of sp³-hybridized carbons (Fsp3) is 0.778. The molecule has 0 aromatic heterocycles. The molecule has 1 amide bonds. The zero-order chi connectivity index (χ0) is 16.8. The van der Waals surface area contributed by atoms with Crippen LogP contribution in [0.1, 0.15) is 39.5 Å². The molecular formula is C18H27NO4. The van der Waals surface area contributed by atoms with Crippen LogP contribution in [0.2, 0.25) is 0 Å². The van der Waals surface area contributed by atoms with Gasteiger partial charge < -0.3 is 14.7 Å². The predicted octanol–water partition coefficient (Wildman–Crippen LogP) is 2.39. The molecule has 1 saturated heterocycles. The highest BCUT2D eigenvalue weighted by Gasteiger charge is 2.59. The van der Waals surface area contributed by atoms with Gasteiger partial charge in [0, 0.05) is 36.9 Å². The van der Waals surface area contributed by atoms with E-state index in [1.54, 1.807) is 4.90 Å². The topological polar surface area (TPSA) is 66.8 Å². The number of ether oxygens (including phenoxy) is 1. The summed E-state index contributed by atoms with van der Waals surface area (Å²) in [7, 11) is 1.41. The standard InChI is InChI=1S/C18H27NO4/c1-11(10-20)12-7-14-15(21)6-4-5-13-9-19(17(22)23-3)16(8-12)18(13,14)2/h5,11-12,14,16,20H,4,6-10H2,1-3H3/t11-,12-,14-,16-,18+/m1/s1. The Kier molecular flexibility index (Phi) is 4.25. The summed E-state index contributed by atoms with van der Waals surface area (Å²) in [6.07, 6.45) is 4.86. The average molecular weight is 321 g/mol. The molecule has 2 aliphatic carbocycles. The number of Topliss-reactive ketones (excluding diaryl/α,β-unsaturated/α-hetero) is 1. The number of aliphatic hydroxyl groups excluding tert-OH is 1. The molecule has 0 aromatic carbocycles. The molecular weight excluding hydrogens is 294 g/mol. The molecule has 23 heavy (non-hydrogen) atoms. The second kappa shape index (κ2) is 5.93. The van der Waals surface area contributed by atoms with Crippen LogP contribution < -0.4 is 0 Å². The van der Waals surface area contributed by atoms with Crippen molar-refractivity contribution in [2.45, 2.75) is 45.6 Å². The summed E-state index contributed by atoms with van der Waals surface area (Å²) in [5.74, 6) is 0.661. The first-order chi connectivity index (χ1) is 10.9. The number of nitrogens with zero attached hydrogens (tertiary/aromatic N) is 1. The molecule has 0 unspecified atom stereocenters. The van der Waals surface area contributed by atoms with Crippen LogP contribution in [0.15, 0.2) is 11.6 Å². The molecule has 1 N–H and O–H groups in total. The minimum atomic E-state index is -0.311. The van der Waals surface area contributed by atoms with E-state index in [0.717, 1.165) is 19.3 Å². The average Bonchev–Trinajstić information content (AvgIpc) is 2.77. The molecule has 0 spiro atoms. The number of methoxy groups -OCH3 is 1. The van der Waals surface area contributed by atoms with Crippen LogP contribution >= 0.6 is 0 Å². The number of ketones is 1. The second-order valence-electron chi connectivity index (χ2n) is 7.57. The fourth-order valence-corrected chi connectivity index (χ4v) is 5.00. The number of likely N-dealkylation sites (tertiary alicyclic amines) is 1. The van der Waals surface area contributed by atoms with Crippen molar-refractivity contribution < 1.29 is 19.4 Å². The molecule has 1 saturated carbocycles. The molecule has 0 radical (unpaired) electrons. The van der Waals surface area contributed by atoms with Gasteiger partial charge in [0.2, 0.25) is 0 Å². The van der Waals surface area contributed by atoms with E-state index in [0.29, 0.717) is 18.7 Å². The summed E-state index contributed by atoms with van der Waals surface area (Å²) in [6, 6.07) is -0.0130. The van der Waals surface area contributed by atoms with Crippen LogP contribution in [-0.4, -0.2) is 48.2 Å². The van der Waals surface area contributed by atoms with Crippen LogP contribution in [0.3, 0.4) is 0 Å². The Hall–Kier alpha value is -1.36. The van der Waals surface area contributed by atoms with Crippen molar-refractivity contribution in [2.24, 2.45) is 23.2 Å². The van der Waals surface area contributed by atoms with Gasteiger partial charge in [-0.25, -0.2) is 4.79 Å². The van der Waals surface area contributed by atoms with E-state index in [2.05, 4.69) is 13.0 Å². The number of aliphatic hydroxyl groups is 1. The van der Waals surface area contributed by atoms with Gasteiger partial charge in [-0.2, -0.15) is 0 Å². The van der Waals surface area contributed by atoms with Crippen molar-refractivity contribution in [1.82, 2.24) is 4.90 Å². The molecule has 2 fully saturated rings. The summed E-state index contributed by atoms with van der Waals surface area (Å²) in [4.78, 5) is 26.8. The molecule has 3 rings (SSSR count). The van der Waals surface area contributed by atoms with Crippen molar-refractivity contribution >= 4 is 11.9 Å². The first-order valence-electron chi connectivity index (χ1n) is 8.61. The van der Waals surface area contributed by atoms with E-state index in [1.807, 2.05) is 6.92 Å². The van der Waals surface area contributed by atoms with Gasteiger partial charge in [0.15, 0.2) is 0 Å². The molecule has 5 heteroatoms. The van der Waals surface area contributed by atoms with Gasteiger partial charge in [-0.05, 0) is 36.7 Å². The highest BCUT2D eigenvalue weighted by atomic mass is 16.5. The first-order valence-corrected chi connectivity index (χ1v) is 8.61. The van der Waals surface area contributed by atoms with Crippen LogP contribution in [0, 0.1) is 23.2 Å². The van der Waals surface area contributed by atoms with Gasteiger partial charge in [0.05, 0.1) is 7.11 Å². The Morgan fingerprint density at radius 2 is 2.26 bits per heavy atom. The third-order valence-electron chi connectivity index (χ3n) is 6.56. The maximum absolute atomic E-state index is 12.7. The highest BCUT2D eigenvalue weighted by molar-refractivity contribution is 5.84. The van der Waals surface area contributed by atoms with E-state index in [-0.39, 0.29) is 41.9 Å². The Balaban J connectivity index is 2.03. The van der Waals surface area contributed by atoms with E-state index < -0.39 is 0 Å². The first kappa shape index (κ1) is 16.5. The molecule has 1 heterocycles. The Labute approximate surface area is 137 Å². The number of allylic oxidation sites excluding steroid dienone is 1. The Bertz CT molecular complexity index is 543. The lowest BCUT2D eigenvalue weighted by molar-refractivity contribution is -0.129. The summed E-state index contributed by atoms with van der Waals surface area (Å²) in [5.41, 5.74) is 0.951. The van der Waals surface area contributed by atoms with Gasteiger partial charge in [0.1, 0.15) is 5.78 Å². The molecule has 3 aliphatic rings. The van der Waals surface area contributed by atoms with E-state index >= 15 is 0 Å². The van der Waals surface area contributed by atoms with Crippen molar-refractivity contribution in [3.8, 4) is 0 Å². The van der Waals surface area contributed by atoms with Crippen LogP contribution in [0.4, 0.5) is 4.79 Å². The van der Waals surface area contributed by atoms with Crippen LogP contribution in [-0.2, 0) is 9.53 Å². The van der Waals surface area contributed by atoms with Crippen molar-refractivity contribution in [3.63, 3.8) is 0 Å². The molecule has 5 nitrogen and oxygen atoms in total. The zero-order valence-corrected chi connectivity index (χ0v) is 14.2. The number of rotatable bonds is 2. The van der Waals surface area contributed by atoms with Gasteiger partial charge in [-0.3, -0.25) is 4.79 Å². The minimum Gasteiger partial charge on any atom is -0.453 e. The third kappa shape index (κ3) is 2.40. The second-order valence-corrected chi connectivity index (χ2v) is 7.57. The van der Waals surface area contributed by atoms with Gasteiger partial charge in [-0.15, -0.1) is 0 Å². The summed E-state index contributed by atoms with van der Waals surface area (Å²) < 4.78 is 4.98. The lowest BCUT2D eigenvalue weighted by atomic mass is 9.57. The maximum Gasteiger partial charge on any atom is 0.410 e. The maximum atomic E-state index is 12.7. The van der Waals surface area contributed by atoms with E-state index in [1.165, 1.54) is 12.7 Å². The Morgan fingerprint density at radius 3 is 2.91 bits per heavy atom. The van der Waals surface area contributed by atoms with Gasteiger partial charge >= 0.3 is 6.09 Å². The van der Waals surface area contributed by atoms with Crippen molar-refractivity contribution in [3.05, 3.63) is 11.6 Å². The molecule has 0 bridgehead atoms. The number of amides is 1. The monoisotopic (exact) mass is 321 g/mol. The number of hydrogen-bond donors (Lipinski definition) is 1. The molecule has 0 aromatic rings.